The SMILES string of the molecule is O=C(NCc1ccncc1)[C@H]1CCCN(S(=O)(=O)c2cc(Cl)ccc2Cl)C1. The van der Waals surface area contributed by atoms with Gasteiger partial charge >= 0.3 is 0 Å². The van der Waals surface area contributed by atoms with Crippen LogP contribution < -0.4 is 5.32 Å². The molecule has 27 heavy (non-hydrogen) atoms. The lowest BCUT2D eigenvalue weighted by atomic mass is 9.99. The van der Waals surface area contributed by atoms with Gasteiger partial charge in [-0.05, 0) is 48.7 Å². The van der Waals surface area contributed by atoms with Crippen LogP contribution in [0.15, 0.2) is 47.6 Å². The molecule has 0 spiro atoms. The van der Waals surface area contributed by atoms with E-state index in [9.17, 15) is 13.2 Å². The Balaban J connectivity index is 1.69. The first-order chi connectivity index (χ1) is 12.9. The van der Waals surface area contributed by atoms with Gasteiger partial charge < -0.3 is 5.32 Å². The van der Waals surface area contributed by atoms with E-state index in [1.165, 1.54) is 22.5 Å². The quantitative estimate of drug-likeness (QED) is 0.794. The van der Waals surface area contributed by atoms with Gasteiger partial charge in [0, 0.05) is 37.1 Å². The second kappa shape index (κ2) is 8.56. The zero-order valence-electron chi connectivity index (χ0n) is 14.4. The van der Waals surface area contributed by atoms with E-state index in [1.807, 2.05) is 12.1 Å². The molecule has 1 aliphatic heterocycles. The number of nitrogens with zero attached hydrogens (tertiary/aromatic N) is 2. The van der Waals surface area contributed by atoms with Crippen molar-refractivity contribution in [2.75, 3.05) is 13.1 Å². The number of amides is 1. The monoisotopic (exact) mass is 427 g/mol. The molecule has 1 N–H and O–H groups in total. The lowest BCUT2D eigenvalue weighted by Crippen LogP contribution is -2.45. The summed E-state index contributed by atoms with van der Waals surface area (Å²) in [5.41, 5.74) is 0.935. The molecule has 2 heterocycles. The Hall–Kier alpha value is -1.67. The van der Waals surface area contributed by atoms with Gasteiger partial charge in [-0.2, -0.15) is 4.31 Å². The zero-order chi connectivity index (χ0) is 19.4. The van der Waals surface area contributed by atoms with E-state index in [-0.39, 0.29) is 22.4 Å². The maximum absolute atomic E-state index is 13.0. The molecule has 1 aliphatic rings. The first kappa shape index (κ1) is 20.1. The molecule has 1 atom stereocenters. The number of hydrogen-bond acceptors (Lipinski definition) is 4. The van der Waals surface area contributed by atoms with Crippen molar-refractivity contribution < 1.29 is 13.2 Å². The fourth-order valence-electron chi connectivity index (χ4n) is 3.02. The summed E-state index contributed by atoms with van der Waals surface area (Å²) in [5, 5.41) is 3.27. The summed E-state index contributed by atoms with van der Waals surface area (Å²) in [6.45, 7) is 0.845. The van der Waals surface area contributed by atoms with Crippen molar-refractivity contribution in [3.05, 3.63) is 58.3 Å². The van der Waals surface area contributed by atoms with Crippen molar-refractivity contribution in [3.8, 4) is 0 Å². The van der Waals surface area contributed by atoms with Crippen LogP contribution in [0.25, 0.3) is 0 Å². The minimum Gasteiger partial charge on any atom is -0.352 e. The number of pyridine rings is 1. The van der Waals surface area contributed by atoms with Crippen LogP contribution in [0.1, 0.15) is 18.4 Å². The Morgan fingerprint density at radius 1 is 1.22 bits per heavy atom. The lowest BCUT2D eigenvalue weighted by molar-refractivity contribution is -0.126. The van der Waals surface area contributed by atoms with Gasteiger partial charge in [0.25, 0.3) is 0 Å². The van der Waals surface area contributed by atoms with E-state index < -0.39 is 15.9 Å². The zero-order valence-corrected chi connectivity index (χ0v) is 16.8. The number of piperidine rings is 1. The van der Waals surface area contributed by atoms with Crippen molar-refractivity contribution in [1.82, 2.24) is 14.6 Å². The summed E-state index contributed by atoms with van der Waals surface area (Å²) in [7, 11) is -3.82. The molecule has 3 rings (SSSR count). The van der Waals surface area contributed by atoms with Crippen LogP contribution in [-0.2, 0) is 21.4 Å². The second-order valence-corrected chi connectivity index (χ2v) is 9.10. The molecular weight excluding hydrogens is 409 g/mol. The highest BCUT2D eigenvalue weighted by molar-refractivity contribution is 7.89. The van der Waals surface area contributed by atoms with Gasteiger partial charge in [-0.25, -0.2) is 8.42 Å². The molecule has 0 aliphatic carbocycles. The number of nitrogens with one attached hydrogen (secondary N) is 1. The highest BCUT2D eigenvalue weighted by Gasteiger charge is 2.34. The summed E-state index contributed by atoms with van der Waals surface area (Å²) < 4.78 is 27.2. The number of sulfonamides is 1. The molecule has 0 unspecified atom stereocenters. The highest BCUT2D eigenvalue weighted by Crippen LogP contribution is 2.30. The predicted molar refractivity (Wildman–Crippen MR) is 104 cm³/mol. The molecule has 0 saturated carbocycles. The van der Waals surface area contributed by atoms with Crippen molar-refractivity contribution in [3.63, 3.8) is 0 Å². The molecular formula is C18H19Cl2N3O3S. The summed E-state index contributed by atoms with van der Waals surface area (Å²) in [6.07, 6.45) is 4.55. The average Bonchev–Trinajstić information content (AvgIpc) is 2.68. The maximum Gasteiger partial charge on any atom is 0.244 e. The molecule has 1 aromatic carbocycles. The minimum absolute atomic E-state index is 0.0329. The number of benzene rings is 1. The highest BCUT2D eigenvalue weighted by atomic mass is 35.5. The van der Waals surface area contributed by atoms with Gasteiger partial charge in [0.2, 0.25) is 15.9 Å². The molecule has 2 aromatic rings. The van der Waals surface area contributed by atoms with Gasteiger partial charge in [0.1, 0.15) is 4.90 Å². The lowest BCUT2D eigenvalue weighted by Gasteiger charge is -2.31. The fourth-order valence-corrected chi connectivity index (χ4v) is 5.28. The van der Waals surface area contributed by atoms with Crippen molar-refractivity contribution in [2.45, 2.75) is 24.3 Å². The van der Waals surface area contributed by atoms with Gasteiger partial charge in [0.05, 0.1) is 10.9 Å². The molecule has 1 fully saturated rings. The largest absolute Gasteiger partial charge is 0.352 e. The Bertz CT molecular complexity index is 923. The van der Waals surface area contributed by atoms with E-state index in [1.54, 1.807) is 12.4 Å². The van der Waals surface area contributed by atoms with Crippen LogP contribution >= 0.6 is 23.2 Å². The first-order valence-corrected chi connectivity index (χ1v) is 10.7. The van der Waals surface area contributed by atoms with Gasteiger partial charge in [-0.1, -0.05) is 23.2 Å². The number of carbonyl (C=O) groups excluding carboxylic acids is 1. The Labute approximate surface area is 168 Å². The van der Waals surface area contributed by atoms with E-state index in [0.717, 1.165) is 5.56 Å². The number of halogens is 2. The van der Waals surface area contributed by atoms with Crippen LogP contribution in [0.4, 0.5) is 0 Å². The number of hydrogen-bond donors (Lipinski definition) is 1. The summed E-state index contributed by atoms with van der Waals surface area (Å²) in [5.74, 6) is -0.572. The molecule has 1 amide bonds. The third-order valence-corrected chi connectivity index (χ3v) is 7.06. The van der Waals surface area contributed by atoms with Crippen LogP contribution in [-0.4, -0.2) is 36.7 Å². The molecule has 6 nitrogen and oxygen atoms in total. The minimum atomic E-state index is -3.82. The van der Waals surface area contributed by atoms with E-state index >= 15 is 0 Å². The Kier molecular flexibility index (Phi) is 6.37. The summed E-state index contributed by atoms with van der Waals surface area (Å²) in [6, 6.07) is 7.97. The van der Waals surface area contributed by atoms with Crippen LogP contribution in [0.3, 0.4) is 0 Å². The second-order valence-electron chi connectivity index (χ2n) is 6.35. The van der Waals surface area contributed by atoms with Crippen LogP contribution in [0, 0.1) is 5.92 Å². The molecule has 1 saturated heterocycles. The van der Waals surface area contributed by atoms with E-state index in [4.69, 9.17) is 23.2 Å². The fraction of sp³-hybridized carbons (Fsp3) is 0.333. The van der Waals surface area contributed by atoms with Crippen LogP contribution in [0.5, 0.6) is 0 Å². The molecule has 9 heteroatoms. The number of carbonyl (C=O) groups is 1. The summed E-state index contributed by atoms with van der Waals surface area (Å²) in [4.78, 5) is 16.4. The third-order valence-electron chi connectivity index (χ3n) is 4.48. The van der Waals surface area contributed by atoms with E-state index in [0.29, 0.717) is 31.0 Å². The molecule has 0 bridgehead atoms. The van der Waals surface area contributed by atoms with Crippen molar-refractivity contribution in [2.24, 2.45) is 5.92 Å². The number of rotatable bonds is 5. The van der Waals surface area contributed by atoms with E-state index in [2.05, 4.69) is 10.3 Å². The third kappa shape index (κ3) is 4.79. The Morgan fingerprint density at radius 3 is 2.70 bits per heavy atom. The first-order valence-electron chi connectivity index (χ1n) is 8.50. The predicted octanol–water partition coefficient (Wildman–Crippen LogP) is 3.11. The standard InChI is InChI=1S/C18H19Cl2N3O3S/c19-15-3-4-16(20)17(10-15)27(25,26)23-9-1-2-14(12-23)18(24)22-11-13-5-7-21-8-6-13/h3-8,10,14H,1-2,9,11-12H2,(H,22,24)/t14-/m0/s1. The van der Waals surface area contributed by atoms with Gasteiger partial charge in [0.15, 0.2) is 0 Å². The van der Waals surface area contributed by atoms with Crippen LogP contribution in [0.2, 0.25) is 10.0 Å². The molecule has 0 radical (unpaired) electrons. The molecule has 144 valence electrons. The Morgan fingerprint density at radius 2 is 1.96 bits per heavy atom. The topological polar surface area (TPSA) is 79.4 Å². The smallest absolute Gasteiger partial charge is 0.244 e. The molecule has 1 aromatic heterocycles. The van der Waals surface area contributed by atoms with Crippen molar-refractivity contribution >= 4 is 39.1 Å². The van der Waals surface area contributed by atoms with Crippen molar-refractivity contribution in [1.29, 1.82) is 0 Å². The summed E-state index contributed by atoms with van der Waals surface area (Å²) >= 11 is 12.0. The van der Waals surface area contributed by atoms with Gasteiger partial charge in [-0.15, -0.1) is 0 Å². The normalized spacial score (nSPS) is 18.2. The van der Waals surface area contributed by atoms with Gasteiger partial charge in [-0.3, -0.25) is 9.78 Å². The maximum atomic E-state index is 13.0. The average molecular weight is 428 g/mol. The number of aromatic nitrogens is 1.